The quantitative estimate of drug-likeness (QED) is 0.550. The number of hydrogen-bond acceptors (Lipinski definition) is 1. The monoisotopic (exact) mass is 356 g/mol. The second-order valence-corrected chi connectivity index (χ2v) is 6.51. The Hall–Kier alpha value is -2.69. The van der Waals surface area contributed by atoms with Gasteiger partial charge in [0, 0.05) is 17.6 Å². The van der Waals surface area contributed by atoms with Crippen LogP contribution in [0, 0.1) is 11.6 Å². The van der Waals surface area contributed by atoms with Gasteiger partial charge in [0.05, 0.1) is 17.6 Å². The van der Waals surface area contributed by atoms with E-state index in [9.17, 15) is 13.6 Å². The van der Waals surface area contributed by atoms with Crippen LogP contribution < -0.4 is 5.32 Å². The average molecular weight is 356 g/mol. The Balaban J connectivity index is 1.63. The molecule has 0 unspecified atom stereocenters. The summed E-state index contributed by atoms with van der Waals surface area (Å²) in [6, 6.07) is 10.2. The molecule has 0 radical (unpaired) electrons. The van der Waals surface area contributed by atoms with Gasteiger partial charge in [-0.15, -0.1) is 0 Å². The molecule has 0 aliphatic carbocycles. The van der Waals surface area contributed by atoms with E-state index in [-0.39, 0.29) is 12.3 Å². The largest absolute Gasteiger partial charge is 0.359 e. The molecule has 3 nitrogen and oxygen atoms in total. The molecule has 0 atom stereocenters. The molecule has 5 heteroatoms. The first-order valence-corrected chi connectivity index (χ1v) is 8.90. The number of carbonyl (C=O) groups is 1. The third-order valence-corrected chi connectivity index (χ3v) is 4.45. The lowest BCUT2D eigenvalue weighted by molar-refractivity contribution is -0.115. The molecular formula is C21H22F2N2O. The molecule has 0 saturated carbocycles. The number of fused-ring (bicyclic) bond motifs is 1. The molecule has 1 heterocycles. The van der Waals surface area contributed by atoms with Crippen molar-refractivity contribution >= 4 is 22.5 Å². The number of amides is 1. The van der Waals surface area contributed by atoms with E-state index in [2.05, 4.69) is 29.4 Å². The molecule has 2 aromatic carbocycles. The zero-order chi connectivity index (χ0) is 18.5. The molecule has 3 aromatic rings. The number of H-pyrrole nitrogens is 1. The van der Waals surface area contributed by atoms with Crippen LogP contribution in [0.25, 0.3) is 10.9 Å². The number of aryl methyl sites for hydroxylation is 1. The van der Waals surface area contributed by atoms with Gasteiger partial charge in [-0.2, -0.15) is 0 Å². The molecule has 2 N–H and O–H groups in total. The van der Waals surface area contributed by atoms with Gasteiger partial charge in [-0.05, 0) is 30.0 Å². The number of unbranched alkanes of at least 4 members (excludes halogenated alkanes) is 2. The van der Waals surface area contributed by atoms with Gasteiger partial charge in [0.2, 0.25) is 5.91 Å². The van der Waals surface area contributed by atoms with Gasteiger partial charge in [-0.3, -0.25) is 4.79 Å². The Kier molecular flexibility index (Phi) is 5.66. The molecule has 136 valence electrons. The summed E-state index contributed by atoms with van der Waals surface area (Å²) >= 11 is 0. The fourth-order valence-corrected chi connectivity index (χ4v) is 3.00. The van der Waals surface area contributed by atoms with E-state index in [1.807, 2.05) is 12.1 Å². The van der Waals surface area contributed by atoms with Crippen LogP contribution in [0.5, 0.6) is 0 Å². The zero-order valence-corrected chi connectivity index (χ0v) is 14.7. The molecule has 1 aromatic heterocycles. The third kappa shape index (κ3) is 4.28. The molecule has 0 fully saturated rings. The lowest BCUT2D eigenvalue weighted by Gasteiger charge is -2.06. The number of benzene rings is 2. The van der Waals surface area contributed by atoms with Crippen molar-refractivity contribution in [1.82, 2.24) is 4.98 Å². The smallest absolute Gasteiger partial charge is 0.228 e. The van der Waals surface area contributed by atoms with Gasteiger partial charge in [0.15, 0.2) is 11.6 Å². The molecule has 0 aliphatic heterocycles. The maximum atomic E-state index is 13.4. The summed E-state index contributed by atoms with van der Waals surface area (Å²) in [7, 11) is 0. The van der Waals surface area contributed by atoms with E-state index >= 15 is 0 Å². The molecule has 1 amide bonds. The van der Waals surface area contributed by atoms with Crippen molar-refractivity contribution < 1.29 is 13.6 Å². The van der Waals surface area contributed by atoms with Crippen LogP contribution in [0.1, 0.15) is 37.3 Å². The molecule has 0 saturated heterocycles. The number of aromatic amines is 1. The summed E-state index contributed by atoms with van der Waals surface area (Å²) in [6.07, 6.45) is 6.41. The van der Waals surface area contributed by atoms with E-state index < -0.39 is 11.6 Å². The predicted octanol–water partition coefficient (Wildman–Crippen LogP) is 5.36. The summed E-state index contributed by atoms with van der Waals surface area (Å²) in [4.78, 5) is 15.1. The van der Waals surface area contributed by atoms with Gasteiger partial charge in [-0.1, -0.05) is 44.0 Å². The van der Waals surface area contributed by atoms with Crippen molar-refractivity contribution in [2.75, 3.05) is 5.32 Å². The second kappa shape index (κ2) is 8.13. The van der Waals surface area contributed by atoms with Crippen LogP contribution in [-0.2, 0) is 17.6 Å². The Bertz CT molecular complexity index is 900. The van der Waals surface area contributed by atoms with Crippen molar-refractivity contribution in [2.45, 2.75) is 39.0 Å². The Morgan fingerprint density at radius 1 is 1.04 bits per heavy atom. The van der Waals surface area contributed by atoms with Gasteiger partial charge in [0.1, 0.15) is 0 Å². The average Bonchev–Trinajstić information content (AvgIpc) is 2.99. The van der Waals surface area contributed by atoms with Crippen LogP contribution >= 0.6 is 0 Å². The number of halogens is 2. The normalized spacial score (nSPS) is 11.0. The van der Waals surface area contributed by atoms with Gasteiger partial charge in [0.25, 0.3) is 0 Å². The minimum atomic E-state index is -0.939. The first-order chi connectivity index (χ1) is 12.6. The van der Waals surface area contributed by atoms with Gasteiger partial charge < -0.3 is 10.3 Å². The second-order valence-electron chi connectivity index (χ2n) is 6.51. The molecule has 0 spiro atoms. The van der Waals surface area contributed by atoms with Crippen molar-refractivity contribution in [1.29, 1.82) is 0 Å². The highest BCUT2D eigenvalue weighted by molar-refractivity contribution is 6.02. The summed E-state index contributed by atoms with van der Waals surface area (Å²) in [5.41, 5.74) is 3.08. The van der Waals surface area contributed by atoms with E-state index in [0.29, 0.717) is 16.6 Å². The molecule has 26 heavy (non-hydrogen) atoms. The summed E-state index contributed by atoms with van der Waals surface area (Å²) in [5, 5.41) is 3.20. The summed E-state index contributed by atoms with van der Waals surface area (Å²) in [5.74, 6) is -2.06. The number of anilines is 1. The number of rotatable bonds is 7. The zero-order valence-electron chi connectivity index (χ0n) is 14.7. The number of hydrogen-bond donors (Lipinski definition) is 2. The fourth-order valence-electron chi connectivity index (χ4n) is 3.00. The maximum Gasteiger partial charge on any atom is 0.228 e. The highest BCUT2D eigenvalue weighted by atomic mass is 19.2. The summed E-state index contributed by atoms with van der Waals surface area (Å²) in [6.45, 7) is 2.18. The Morgan fingerprint density at radius 3 is 2.46 bits per heavy atom. The van der Waals surface area contributed by atoms with E-state index in [1.165, 1.54) is 31.0 Å². The predicted molar refractivity (Wildman–Crippen MR) is 100 cm³/mol. The number of aromatic nitrogens is 1. The van der Waals surface area contributed by atoms with Crippen molar-refractivity contribution in [3.63, 3.8) is 0 Å². The van der Waals surface area contributed by atoms with Crippen molar-refractivity contribution in [3.8, 4) is 0 Å². The molecular weight excluding hydrogens is 334 g/mol. The SMILES string of the molecule is CCCCCc1ccc(CC(=O)Nc2c[nH]c3cc(F)c(F)cc23)cc1. The lowest BCUT2D eigenvalue weighted by atomic mass is 10.0. The van der Waals surface area contributed by atoms with Crippen LogP contribution in [0.15, 0.2) is 42.6 Å². The first-order valence-electron chi connectivity index (χ1n) is 8.90. The topological polar surface area (TPSA) is 44.9 Å². The van der Waals surface area contributed by atoms with E-state index in [4.69, 9.17) is 0 Å². The van der Waals surface area contributed by atoms with Crippen LogP contribution in [0.4, 0.5) is 14.5 Å². The standard InChI is InChI=1S/C21H22F2N2O/c1-2-3-4-5-14-6-8-15(9-7-14)10-21(26)25-20-13-24-19-12-18(23)17(22)11-16(19)20/h6-9,11-13,24H,2-5,10H2,1H3,(H,25,26). The molecule has 0 aliphatic rings. The lowest BCUT2D eigenvalue weighted by Crippen LogP contribution is -2.14. The van der Waals surface area contributed by atoms with E-state index in [0.717, 1.165) is 24.1 Å². The van der Waals surface area contributed by atoms with Crippen LogP contribution in [0.3, 0.4) is 0 Å². The number of carbonyl (C=O) groups excluding carboxylic acids is 1. The van der Waals surface area contributed by atoms with Gasteiger partial charge >= 0.3 is 0 Å². The highest BCUT2D eigenvalue weighted by Gasteiger charge is 2.12. The van der Waals surface area contributed by atoms with Crippen molar-refractivity contribution in [2.24, 2.45) is 0 Å². The Labute approximate surface area is 151 Å². The first kappa shape index (κ1) is 18.1. The maximum absolute atomic E-state index is 13.4. The van der Waals surface area contributed by atoms with Crippen molar-refractivity contribution in [3.05, 3.63) is 65.4 Å². The van der Waals surface area contributed by atoms with Gasteiger partial charge in [-0.25, -0.2) is 8.78 Å². The molecule has 0 bridgehead atoms. The van der Waals surface area contributed by atoms with E-state index in [1.54, 1.807) is 0 Å². The third-order valence-electron chi connectivity index (χ3n) is 4.45. The minimum absolute atomic E-state index is 0.200. The minimum Gasteiger partial charge on any atom is -0.359 e. The van der Waals surface area contributed by atoms with Crippen LogP contribution in [0.2, 0.25) is 0 Å². The molecule has 3 rings (SSSR count). The highest BCUT2D eigenvalue weighted by Crippen LogP contribution is 2.25. The fraction of sp³-hybridized carbons (Fsp3) is 0.286. The summed E-state index contributed by atoms with van der Waals surface area (Å²) < 4.78 is 26.7. The van der Waals surface area contributed by atoms with Crippen LogP contribution in [-0.4, -0.2) is 10.9 Å². The Morgan fingerprint density at radius 2 is 1.73 bits per heavy atom. The number of nitrogens with one attached hydrogen (secondary N) is 2.